The van der Waals surface area contributed by atoms with E-state index >= 15 is 0 Å². The lowest BCUT2D eigenvalue weighted by Crippen LogP contribution is -2.49. The molecule has 2 aromatic rings. The Bertz CT molecular complexity index is 1080. The number of amides is 2. The van der Waals surface area contributed by atoms with Gasteiger partial charge in [-0.1, -0.05) is 18.2 Å². The molecular weight excluding hydrogens is 418 g/mol. The number of para-hydroxylation sites is 1. The molecule has 164 valence electrons. The number of rotatable bonds is 5. The lowest BCUT2D eigenvalue weighted by atomic mass is 10.2. The van der Waals surface area contributed by atoms with Crippen LogP contribution in [-0.2, 0) is 19.4 Å². The van der Waals surface area contributed by atoms with Gasteiger partial charge in [0.15, 0.2) is 16.4 Å². The summed E-state index contributed by atoms with van der Waals surface area (Å²) >= 11 is 0. The molecule has 0 radical (unpaired) electrons. The van der Waals surface area contributed by atoms with E-state index in [1.54, 1.807) is 11.8 Å². The second kappa shape index (κ2) is 8.58. The molecule has 0 unspecified atom stereocenters. The van der Waals surface area contributed by atoms with Gasteiger partial charge in [0.2, 0.25) is 5.91 Å². The third-order valence-electron chi connectivity index (χ3n) is 5.66. The monoisotopic (exact) mass is 443 g/mol. The van der Waals surface area contributed by atoms with Crippen LogP contribution < -0.4 is 15.0 Å². The molecule has 0 spiro atoms. The van der Waals surface area contributed by atoms with E-state index in [1.165, 1.54) is 18.2 Å². The molecule has 0 saturated carbocycles. The van der Waals surface area contributed by atoms with Gasteiger partial charge in [0.1, 0.15) is 5.75 Å². The summed E-state index contributed by atoms with van der Waals surface area (Å²) in [5.41, 5.74) is 1.45. The molecular formula is C22H25N3O5S. The highest BCUT2D eigenvalue weighted by molar-refractivity contribution is 7.92. The second-order valence-corrected chi connectivity index (χ2v) is 10.1. The minimum absolute atomic E-state index is 0.0613. The van der Waals surface area contributed by atoms with Crippen molar-refractivity contribution in [1.82, 2.24) is 4.90 Å². The zero-order valence-electron chi connectivity index (χ0n) is 17.3. The quantitative estimate of drug-likeness (QED) is 0.759. The maximum absolute atomic E-state index is 13.0. The second-order valence-electron chi connectivity index (χ2n) is 7.76. The molecule has 0 bridgehead atoms. The number of hydrogen-bond acceptors (Lipinski definition) is 6. The van der Waals surface area contributed by atoms with Crippen LogP contribution in [0.2, 0.25) is 0 Å². The number of ether oxygens (including phenoxy) is 1. The van der Waals surface area contributed by atoms with Crippen LogP contribution in [0, 0.1) is 0 Å². The standard InChI is InChI=1S/C22H25N3O5S/c1-16(31(28,29)18-7-8-20-19(14-18)23-21(26)15-30-20)13-22(27)25-11-9-24(10-12-25)17-5-3-2-4-6-17/h2-8,14,16H,9-13,15H2,1H3,(H,23,26)/t16-/m1/s1. The molecule has 2 aromatic carbocycles. The number of fused-ring (bicyclic) bond motifs is 1. The fraction of sp³-hybridized carbons (Fsp3) is 0.364. The molecule has 2 amide bonds. The first-order valence-electron chi connectivity index (χ1n) is 10.2. The van der Waals surface area contributed by atoms with Gasteiger partial charge in [-0.05, 0) is 37.3 Å². The maximum atomic E-state index is 13.0. The molecule has 9 heteroatoms. The number of carbonyl (C=O) groups is 2. The van der Waals surface area contributed by atoms with Crippen LogP contribution in [-0.4, -0.2) is 63.2 Å². The van der Waals surface area contributed by atoms with Crippen molar-refractivity contribution < 1.29 is 22.7 Å². The molecule has 4 rings (SSSR count). The highest BCUT2D eigenvalue weighted by atomic mass is 32.2. The lowest BCUT2D eigenvalue weighted by molar-refractivity contribution is -0.131. The van der Waals surface area contributed by atoms with Crippen molar-refractivity contribution in [1.29, 1.82) is 0 Å². The van der Waals surface area contributed by atoms with Gasteiger partial charge in [-0.25, -0.2) is 8.42 Å². The fourth-order valence-corrected chi connectivity index (χ4v) is 5.18. The molecule has 2 aliphatic rings. The van der Waals surface area contributed by atoms with E-state index in [2.05, 4.69) is 10.2 Å². The van der Waals surface area contributed by atoms with Crippen molar-refractivity contribution in [3.8, 4) is 5.75 Å². The molecule has 2 heterocycles. The number of sulfone groups is 1. The van der Waals surface area contributed by atoms with Gasteiger partial charge in [0, 0.05) is 38.3 Å². The van der Waals surface area contributed by atoms with Gasteiger partial charge < -0.3 is 19.9 Å². The third kappa shape index (κ3) is 4.51. The van der Waals surface area contributed by atoms with E-state index in [9.17, 15) is 18.0 Å². The average molecular weight is 444 g/mol. The van der Waals surface area contributed by atoms with Crippen LogP contribution in [0.4, 0.5) is 11.4 Å². The summed E-state index contributed by atoms with van der Waals surface area (Å²) < 4.78 is 31.3. The van der Waals surface area contributed by atoms with Gasteiger partial charge in [0.25, 0.3) is 5.91 Å². The Balaban J connectivity index is 1.38. The highest BCUT2D eigenvalue weighted by Gasteiger charge is 2.30. The van der Waals surface area contributed by atoms with E-state index in [0.717, 1.165) is 5.69 Å². The molecule has 1 N–H and O–H groups in total. The van der Waals surface area contributed by atoms with E-state index < -0.39 is 15.1 Å². The Hall–Kier alpha value is -3.07. The number of anilines is 2. The summed E-state index contributed by atoms with van der Waals surface area (Å²) in [7, 11) is -3.74. The Morgan fingerprint density at radius 3 is 2.52 bits per heavy atom. The molecule has 31 heavy (non-hydrogen) atoms. The number of piperazine rings is 1. The Labute approximate surface area is 181 Å². The van der Waals surface area contributed by atoms with Gasteiger partial charge in [-0.3, -0.25) is 9.59 Å². The van der Waals surface area contributed by atoms with Gasteiger partial charge >= 0.3 is 0 Å². The van der Waals surface area contributed by atoms with Crippen molar-refractivity contribution in [2.45, 2.75) is 23.5 Å². The fourth-order valence-electron chi connectivity index (χ4n) is 3.81. The molecule has 1 fully saturated rings. The Kier molecular flexibility index (Phi) is 5.86. The number of nitrogens with zero attached hydrogens (tertiary/aromatic N) is 2. The first-order chi connectivity index (χ1) is 14.8. The van der Waals surface area contributed by atoms with Crippen molar-refractivity contribution in [3.63, 3.8) is 0 Å². The number of benzene rings is 2. The van der Waals surface area contributed by atoms with Crippen LogP contribution >= 0.6 is 0 Å². The summed E-state index contributed by atoms with van der Waals surface area (Å²) in [6.07, 6.45) is -0.0897. The van der Waals surface area contributed by atoms with Crippen LogP contribution in [0.5, 0.6) is 5.75 Å². The van der Waals surface area contributed by atoms with Gasteiger partial charge in [-0.15, -0.1) is 0 Å². The first-order valence-corrected chi connectivity index (χ1v) is 11.8. The summed E-state index contributed by atoms with van der Waals surface area (Å²) in [5.74, 6) is -0.0723. The van der Waals surface area contributed by atoms with Crippen molar-refractivity contribution in [2.75, 3.05) is 43.0 Å². The predicted octanol–water partition coefficient (Wildman–Crippen LogP) is 1.92. The zero-order valence-corrected chi connectivity index (χ0v) is 18.1. The highest BCUT2D eigenvalue weighted by Crippen LogP contribution is 2.32. The molecule has 8 nitrogen and oxygen atoms in total. The smallest absolute Gasteiger partial charge is 0.262 e. The SMILES string of the molecule is C[C@H](CC(=O)N1CCN(c2ccccc2)CC1)S(=O)(=O)c1ccc2c(c1)NC(=O)CO2. The van der Waals surface area contributed by atoms with Crippen LogP contribution in [0.25, 0.3) is 0 Å². The topological polar surface area (TPSA) is 96.0 Å². The Morgan fingerprint density at radius 2 is 1.81 bits per heavy atom. The Morgan fingerprint density at radius 1 is 1.10 bits per heavy atom. The van der Waals surface area contributed by atoms with Crippen LogP contribution in [0.3, 0.4) is 0 Å². The van der Waals surface area contributed by atoms with E-state index in [1.807, 2.05) is 30.3 Å². The van der Waals surface area contributed by atoms with Crippen molar-refractivity contribution >= 4 is 33.0 Å². The predicted molar refractivity (Wildman–Crippen MR) is 117 cm³/mol. The third-order valence-corrected chi connectivity index (χ3v) is 7.80. The summed E-state index contributed by atoms with van der Waals surface area (Å²) in [4.78, 5) is 28.3. The number of nitrogens with one attached hydrogen (secondary N) is 1. The molecule has 0 aliphatic carbocycles. The minimum atomic E-state index is -3.74. The summed E-state index contributed by atoms with van der Waals surface area (Å²) in [6.45, 7) is 3.98. The molecule has 1 saturated heterocycles. The summed E-state index contributed by atoms with van der Waals surface area (Å²) in [5, 5.41) is 1.73. The zero-order chi connectivity index (χ0) is 22.0. The molecule has 1 atom stereocenters. The van der Waals surface area contributed by atoms with Crippen LogP contribution in [0.15, 0.2) is 53.4 Å². The van der Waals surface area contributed by atoms with E-state index in [-0.39, 0.29) is 29.7 Å². The number of hydrogen-bond donors (Lipinski definition) is 1. The minimum Gasteiger partial charge on any atom is -0.482 e. The maximum Gasteiger partial charge on any atom is 0.262 e. The summed E-state index contributed by atoms with van der Waals surface area (Å²) in [6, 6.07) is 14.4. The number of carbonyl (C=O) groups excluding carboxylic acids is 2. The van der Waals surface area contributed by atoms with Gasteiger partial charge in [-0.2, -0.15) is 0 Å². The van der Waals surface area contributed by atoms with E-state index in [4.69, 9.17) is 4.74 Å². The van der Waals surface area contributed by atoms with Crippen molar-refractivity contribution in [3.05, 3.63) is 48.5 Å². The van der Waals surface area contributed by atoms with E-state index in [0.29, 0.717) is 37.6 Å². The first kappa shape index (κ1) is 21.2. The molecule has 0 aromatic heterocycles. The normalized spacial score (nSPS) is 17.4. The largest absolute Gasteiger partial charge is 0.482 e. The lowest BCUT2D eigenvalue weighted by Gasteiger charge is -2.36. The van der Waals surface area contributed by atoms with Crippen LogP contribution in [0.1, 0.15) is 13.3 Å². The molecule has 2 aliphatic heterocycles. The van der Waals surface area contributed by atoms with Gasteiger partial charge in [0.05, 0.1) is 15.8 Å². The average Bonchev–Trinajstić information content (AvgIpc) is 2.79. The van der Waals surface area contributed by atoms with Crippen molar-refractivity contribution in [2.24, 2.45) is 0 Å².